The Morgan fingerprint density at radius 2 is 1.23 bits per heavy atom. The quantitative estimate of drug-likeness (QED) is 0.141. The molecule has 0 aliphatic heterocycles. The molecular formula is C30H44O5. The van der Waals surface area contributed by atoms with Crippen molar-refractivity contribution >= 4 is 11.9 Å². The number of carbonyl (C=O) groups excluding carboxylic acids is 2. The molecule has 0 aliphatic carbocycles. The zero-order valence-corrected chi connectivity index (χ0v) is 23.1. The van der Waals surface area contributed by atoms with E-state index in [9.17, 15) is 14.7 Å². The third-order valence-corrected chi connectivity index (χ3v) is 5.38. The summed E-state index contributed by atoms with van der Waals surface area (Å²) >= 11 is 0. The third-order valence-electron chi connectivity index (χ3n) is 5.38. The summed E-state index contributed by atoms with van der Waals surface area (Å²) in [6, 6.07) is 0. The number of rotatable bonds is 12. The van der Waals surface area contributed by atoms with Crippen LogP contribution in [-0.2, 0) is 19.1 Å². The lowest BCUT2D eigenvalue weighted by Gasteiger charge is -2.36. The van der Waals surface area contributed by atoms with Crippen molar-refractivity contribution in [3.05, 3.63) is 83.1 Å². The predicted molar refractivity (Wildman–Crippen MR) is 144 cm³/mol. The third kappa shape index (κ3) is 13.5. The minimum Gasteiger partial charge on any atom is -0.423 e. The van der Waals surface area contributed by atoms with Crippen LogP contribution in [0.2, 0.25) is 0 Å². The summed E-state index contributed by atoms with van der Waals surface area (Å²) in [7, 11) is 0. The highest BCUT2D eigenvalue weighted by atomic mass is 16.7. The minimum atomic E-state index is -1.57. The molecule has 0 saturated carbocycles. The van der Waals surface area contributed by atoms with Crippen LogP contribution in [0, 0.1) is 11.8 Å². The Balaban J connectivity index is 5.33. The largest absolute Gasteiger partial charge is 0.423 e. The maximum absolute atomic E-state index is 11.5. The van der Waals surface area contributed by atoms with Gasteiger partial charge in [-0.15, -0.1) is 0 Å². The highest BCUT2D eigenvalue weighted by Gasteiger charge is 2.42. The molecular weight excluding hydrogens is 440 g/mol. The Morgan fingerprint density at radius 1 is 0.771 bits per heavy atom. The van der Waals surface area contributed by atoms with Crippen molar-refractivity contribution in [3.63, 3.8) is 0 Å². The molecule has 0 heterocycles. The number of hydrogen-bond donors (Lipinski definition) is 1. The molecule has 0 radical (unpaired) electrons. The summed E-state index contributed by atoms with van der Waals surface area (Å²) in [4.78, 5) is 23.1. The zero-order valence-electron chi connectivity index (χ0n) is 23.1. The first-order valence-electron chi connectivity index (χ1n) is 12.0. The van der Waals surface area contributed by atoms with Crippen molar-refractivity contribution in [3.8, 4) is 0 Å². The van der Waals surface area contributed by atoms with E-state index in [4.69, 9.17) is 9.47 Å². The van der Waals surface area contributed by atoms with Crippen LogP contribution in [0.5, 0.6) is 0 Å². The molecule has 0 amide bonds. The van der Waals surface area contributed by atoms with Gasteiger partial charge in [0, 0.05) is 20.8 Å². The molecule has 35 heavy (non-hydrogen) atoms. The van der Waals surface area contributed by atoms with Crippen molar-refractivity contribution in [2.45, 2.75) is 81.1 Å². The van der Waals surface area contributed by atoms with Crippen LogP contribution >= 0.6 is 0 Å². The Bertz CT molecular complexity index is 908. The van der Waals surface area contributed by atoms with Gasteiger partial charge in [-0.3, -0.25) is 9.59 Å². The highest BCUT2D eigenvalue weighted by molar-refractivity contribution is 5.68. The van der Waals surface area contributed by atoms with Crippen LogP contribution in [0.15, 0.2) is 83.1 Å². The van der Waals surface area contributed by atoms with Gasteiger partial charge in [0.25, 0.3) is 5.79 Å². The number of carbonyl (C=O) groups is 2. The summed E-state index contributed by atoms with van der Waals surface area (Å²) in [5.41, 5.74) is 4.13. The highest BCUT2D eigenvalue weighted by Crippen LogP contribution is 2.30. The lowest BCUT2D eigenvalue weighted by molar-refractivity contribution is -0.244. The van der Waals surface area contributed by atoms with E-state index in [2.05, 4.69) is 44.2 Å². The molecule has 0 aromatic heterocycles. The van der Waals surface area contributed by atoms with Crippen molar-refractivity contribution in [2.75, 3.05) is 0 Å². The van der Waals surface area contributed by atoms with Crippen LogP contribution in [-0.4, -0.2) is 28.9 Å². The van der Waals surface area contributed by atoms with Crippen molar-refractivity contribution in [2.24, 2.45) is 11.8 Å². The lowest BCUT2D eigenvalue weighted by atomic mass is 9.89. The predicted octanol–water partition coefficient (Wildman–Crippen LogP) is 6.94. The van der Waals surface area contributed by atoms with Crippen LogP contribution in [0.3, 0.4) is 0 Å². The van der Waals surface area contributed by atoms with Gasteiger partial charge in [-0.2, -0.15) is 0 Å². The topological polar surface area (TPSA) is 72.8 Å². The number of aliphatic hydroxyl groups excluding tert-OH is 1. The summed E-state index contributed by atoms with van der Waals surface area (Å²) < 4.78 is 10.5. The van der Waals surface area contributed by atoms with Crippen LogP contribution in [0.25, 0.3) is 0 Å². The van der Waals surface area contributed by atoms with Crippen molar-refractivity contribution < 1.29 is 24.2 Å². The fourth-order valence-corrected chi connectivity index (χ4v) is 3.57. The average molecular weight is 485 g/mol. The fraction of sp³-hybridized carbons (Fsp3) is 0.467. The molecule has 0 saturated heterocycles. The molecule has 0 fully saturated rings. The van der Waals surface area contributed by atoms with E-state index >= 15 is 0 Å². The monoisotopic (exact) mass is 484 g/mol. The molecule has 0 aromatic rings. The molecule has 0 spiro atoms. The van der Waals surface area contributed by atoms with Gasteiger partial charge in [0.15, 0.2) is 0 Å². The lowest BCUT2D eigenvalue weighted by Crippen LogP contribution is -2.47. The van der Waals surface area contributed by atoms with Gasteiger partial charge in [0.05, 0.1) is 12.0 Å². The summed E-state index contributed by atoms with van der Waals surface area (Å²) in [6.45, 7) is 17.6. The number of hydrogen-bond acceptors (Lipinski definition) is 5. The Labute approximate surface area is 212 Å². The molecule has 3 atom stereocenters. The Morgan fingerprint density at radius 3 is 1.69 bits per heavy atom. The molecule has 1 N–H and O–H groups in total. The van der Waals surface area contributed by atoms with E-state index in [0.717, 1.165) is 11.1 Å². The molecule has 3 unspecified atom stereocenters. The SMILES string of the molecule is C\C=C/C(C)=C/C=C/C(C)=C/C=C/C(C)=C/C(C)/C=C(\C)C(O)C(C)C(C)(OC(C)=O)OC(C)=O. The minimum absolute atomic E-state index is 0.0555. The molecule has 5 heteroatoms. The van der Waals surface area contributed by atoms with Gasteiger partial charge >= 0.3 is 11.9 Å². The number of allylic oxidation sites excluding steroid dienone is 13. The number of ether oxygens (including phenoxy) is 2. The molecule has 0 aliphatic rings. The summed E-state index contributed by atoms with van der Waals surface area (Å²) in [5, 5.41) is 10.9. The van der Waals surface area contributed by atoms with Gasteiger partial charge in [0.1, 0.15) is 0 Å². The molecule has 5 nitrogen and oxygen atoms in total. The van der Waals surface area contributed by atoms with E-state index in [1.807, 2.05) is 58.1 Å². The smallest absolute Gasteiger partial charge is 0.305 e. The van der Waals surface area contributed by atoms with Gasteiger partial charge in [-0.05, 0) is 46.1 Å². The average Bonchev–Trinajstić information content (AvgIpc) is 2.71. The standard InChI is InChI=1S/C30H44O5/c1-11-14-21(2)15-12-16-22(3)17-13-18-23(4)19-24(5)20-25(6)29(33)26(7)30(10,34-27(8)31)35-28(9)32/h11-20,24,26,29,33H,1-10H3/b14-11-,16-12+,18-13+,21-15+,22-17+,23-19+,25-20+. The van der Waals surface area contributed by atoms with Crippen molar-refractivity contribution in [1.29, 1.82) is 0 Å². The second-order valence-electron chi connectivity index (χ2n) is 9.16. The Kier molecular flexibility index (Phi) is 14.6. The van der Waals surface area contributed by atoms with Crippen LogP contribution in [0.4, 0.5) is 0 Å². The maximum atomic E-state index is 11.5. The van der Waals surface area contributed by atoms with E-state index < -0.39 is 29.7 Å². The second-order valence-corrected chi connectivity index (χ2v) is 9.16. The fourth-order valence-electron chi connectivity index (χ4n) is 3.57. The maximum Gasteiger partial charge on any atom is 0.305 e. The summed E-state index contributed by atoms with van der Waals surface area (Å²) in [6.07, 6.45) is 19.4. The van der Waals surface area contributed by atoms with Gasteiger partial charge in [-0.1, -0.05) is 91.3 Å². The van der Waals surface area contributed by atoms with E-state index in [1.54, 1.807) is 6.92 Å². The van der Waals surface area contributed by atoms with Gasteiger partial charge in [-0.25, -0.2) is 0 Å². The molecule has 0 bridgehead atoms. The van der Waals surface area contributed by atoms with E-state index in [1.165, 1.54) is 26.3 Å². The van der Waals surface area contributed by atoms with E-state index in [-0.39, 0.29) is 5.92 Å². The molecule has 0 aromatic carbocycles. The van der Waals surface area contributed by atoms with Crippen molar-refractivity contribution in [1.82, 2.24) is 0 Å². The molecule has 194 valence electrons. The van der Waals surface area contributed by atoms with Gasteiger partial charge in [0.2, 0.25) is 0 Å². The zero-order chi connectivity index (χ0) is 27.2. The normalized spacial score (nSPS) is 17.2. The number of aliphatic hydroxyl groups is 1. The number of esters is 2. The van der Waals surface area contributed by atoms with E-state index in [0.29, 0.717) is 5.57 Å². The molecule has 0 rings (SSSR count). The first kappa shape index (κ1) is 32.1. The first-order chi connectivity index (χ1) is 16.2. The summed E-state index contributed by atoms with van der Waals surface area (Å²) in [5.74, 6) is -3.35. The van der Waals surface area contributed by atoms with Crippen LogP contribution < -0.4 is 0 Å². The van der Waals surface area contributed by atoms with Gasteiger partial charge < -0.3 is 14.6 Å². The second kappa shape index (κ2) is 15.9. The Hall–Kier alpha value is -2.92. The first-order valence-corrected chi connectivity index (χ1v) is 12.0. The van der Waals surface area contributed by atoms with Crippen LogP contribution in [0.1, 0.15) is 69.2 Å².